The molecule has 33 heavy (non-hydrogen) atoms. The molecule has 0 saturated heterocycles. The molecule has 0 atom stereocenters. The van der Waals surface area contributed by atoms with E-state index in [9.17, 15) is 4.79 Å². The molecule has 1 aliphatic rings. The highest BCUT2D eigenvalue weighted by atomic mass is 16.1. The van der Waals surface area contributed by atoms with E-state index in [4.69, 9.17) is 0 Å². The third kappa shape index (κ3) is 12.2. The number of hydrogen-bond acceptors (Lipinski definition) is 2. The third-order valence-electron chi connectivity index (χ3n) is 7.62. The van der Waals surface area contributed by atoms with Crippen LogP contribution >= 0.6 is 0 Å². The summed E-state index contributed by atoms with van der Waals surface area (Å²) in [5.74, 6) is 1.01. The summed E-state index contributed by atoms with van der Waals surface area (Å²) < 4.78 is 0. The number of carbonyl (C=O) groups excluding carboxylic acids is 1. The summed E-state index contributed by atoms with van der Waals surface area (Å²) in [6.45, 7) is 5.66. The van der Waals surface area contributed by atoms with Gasteiger partial charge >= 0.3 is 0 Å². The first-order valence-electron chi connectivity index (χ1n) is 14.6. The van der Waals surface area contributed by atoms with Gasteiger partial charge in [-0.1, -0.05) is 115 Å². The molecule has 0 heterocycles. The molecule has 1 N–H and O–H groups in total. The van der Waals surface area contributed by atoms with Crippen LogP contribution in [0, 0.1) is 0 Å². The number of nitrogens with one attached hydrogen (secondary N) is 1. The first kappa shape index (κ1) is 28.1. The average molecular weight is 456 g/mol. The summed E-state index contributed by atoms with van der Waals surface area (Å²) in [6.07, 6.45) is 24.6. The number of ketones is 1. The molecular formula is C31H53NO. The van der Waals surface area contributed by atoms with E-state index in [1.165, 1.54) is 115 Å². The minimum absolute atomic E-state index is 0.331. The summed E-state index contributed by atoms with van der Waals surface area (Å²) >= 11 is 0. The molecule has 2 nitrogen and oxygen atoms in total. The standard InChI is InChI=1S/C31H53NO/c1-3-5-6-7-8-9-10-11-12-13-14-15-16-17-31(33)29-20-18-27(19-21-29)28-22-24-30(25-23-28)32-26-4-2/h18-21,28,30,32H,3-17,22-26H2,1-2H3. The van der Waals surface area contributed by atoms with Crippen LogP contribution in [0.2, 0.25) is 0 Å². The molecule has 1 aromatic carbocycles. The molecule has 0 amide bonds. The predicted molar refractivity (Wildman–Crippen MR) is 144 cm³/mol. The van der Waals surface area contributed by atoms with Gasteiger partial charge in [0.1, 0.15) is 0 Å². The van der Waals surface area contributed by atoms with Crippen molar-refractivity contribution < 1.29 is 4.79 Å². The fourth-order valence-electron chi connectivity index (χ4n) is 5.37. The quantitative estimate of drug-likeness (QED) is 0.166. The Labute approximate surface area is 205 Å². The second-order valence-electron chi connectivity index (χ2n) is 10.5. The molecular weight excluding hydrogens is 402 g/mol. The Hall–Kier alpha value is -1.15. The highest BCUT2D eigenvalue weighted by Gasteiger charge is 2.22. The smallest absolute Gasteiger partial charge is 0.162 e. The predicted octanol–water partition coefficient (Wildman–Crippen LogP) is 9.38. The van der Waals surface area contributed by atoms with E-state index in [2.05, 4.69) is 43.4 Å². The zero-order valence-corrected chi connectivity index (χ0v) is 22.0. The molecule has 0 aromatic heterocycles. The van der Waals surface area contributed by atoms with Gasteiger partial charge in [-0.05, 0) is 56.6 Å². The second kappa shape index (κ2) is 18.2. The summed E-state index contributed by atoms with van der Waals surface area (Å²) in [5.41, 5.74) is 2.34. The van der Waals surface area contributed by atoms with Crippen LogP contribution in [-0.4, -0.2) is 18.4 Å². The molecule has 0 radical (unpaired) electrons. The molecule has 188 valence electrons. The van der Waals surface area contributed by atoms with Crippen molar-refractivity contribution in [3.63, 3.8) is 0 Å². The second-order valence-corrected chi connectivity index (χ2v) is 10.5. The van der Waals surface area contributed by atoms with Crippen molar-refractivity contribution in [2.75, 3.05) is 6.54 Å². The number of unbranched alkanes of at least 4 members (excludes halogenated alkanes) is 12. The number of rotatable bonds is 19. The fourth-order valence-corrected chi connectivity index (χ4v) is 5.37. The largest absolute Gasteiger partial charge is 0.314 e. The molecule has 0 bridgehead atoms. The van der Waals surface area contributed by atoms with Gasteiger partial charge in [0.05, 0.1) is 0 Å². The lowest BCUT2D eigenvalue weighted by molar-refractivity contribution is 0.0979. The van der Waals surface area contributed by atoms with Crippen LogP contribution in [0.4, 0.5) is 0 Å². The Kier molecular flexibility index (Phi) is 15.5. The topological polar surface area (TPSA) is 29.1 Å². The van der Waals surface area contributed by atoms with Crippen LogP contribution in [0.5, 0.6) is 0 Å². The van der Waals surface area contributed by atoms with E-state index in [1.54, 1.807) is 0 Å². The van der Waals surface area contributed by atoms with Gasteiger partial charge in [0.2, 0.25) is 0 Å². The first-order valence-corrected chi connectivity index (χ1v) is 14.6. The molecule has 1 aliphatic carbocycles. The van der Waals surface area contributed by atoms with Crippen LogP contribution in [0.25, 0.3) is 0 Å². The molecule has 0 spiro atoms. The van der Waals surface area contributed by atoms with E-state index in [0.717, 1.165) is 18.5 Å². The van der Waals surface area contributed by atoms with Crippen molar-refractivity contribution in [3.05, 3.63) is 35.4 Å². The van der Waals surface area contributed by atoms with E-state index in [1.807, 2.05) is 0 Å². The summed E-state index contributed by atoms with van der Waals surface area (Å²) in [4.78, 5) is 12.6. The van der Waals surface area contributed by atoms with Crippen LogP contribution in [-0.2, 0) is 0 Å². The number of Topliss-reactive ketones (excluding diaryl/α,β-unsaturated/α-hetero) is 1. The van der Waals surface area contributed by atoms with Crippen molar-refractivity contribution in [2.45, 2.75) is 148 Å². The highest BCUT2D eigenvalue weighted by molar-refractivity contribution is 5.96. The van der Waals surface area contributed by atoms with E-state index >= 15 is 0 Å². The molecule has 1 fully saturated rings. The summed E-state index contributed by atoms with van der Waals surface area (Å²) in [5, 5.41) is 3.67. The van der Waals surface area contributed by atoms with E-state index < -0.39 is 0 Å². The lowest BCUT2D eigenvalue weighted by atomic mass is 9.81. The fraction of sp³-hybridized carbons (Fsp3) is 0.774. The monoisotopic (exact) mass is 455 g/mol. The number of benzene rings is 1. The van der Waals surface area contributed by atoms with Gasteiger partial charge in [0.15, 0.2) is 5.78 Å². The normalized spacial score (nSPS) is 18.5. The first-order chi connectivity index (χ1) is 16.2. The van der Waals surface area contributed by atoms with Gasteiger partial charge in [-0.15, -0.1) is 0 Å². The number of hydrogen-bond donors (Lipinski definition) is 1. The minimum Gasteiger partial charge on any atom is -0.314 e. The van der Waals surface area contributed by atoms with Crippen LogP contribution in [0.1, 0.15) is 158 Å². The minimum atomic E-state index is 0.331. The SMILES string of the molecule is CCCCCCCCCCCCCCCC(=O)c1ccc(C2CCC(NCCC)CC2)cc1. The zero-order chi connectivity index (χ0) is 23.6. The van der Waals surface area contributed by atoms with E-state index in [-0.39, 0.29) is 0 Å². The molecule has 0 unspecified atom stereocenters. The highest BCUT2D eigenvalue weighted by Crippen LogP contribution is 2.33. The van der Waals surface area contributed by atoms with Gasteiger partial charge in [-0.3, -0.25) is 4.79 Å². The lowest BCUT2D eigenvalue weighted by Crippen LogP contribution is -2.33. The van der Waals surface area contributed by atoms with Gasteiger partial charge in [-0.25, -0.2) is 0 Å². The maximum Gasteiger partial charge on any atom is 0.162 e. The zero-order valence-electron chi connectivity index (χ0n) is 22.0. The van der Waals surface area contributed by atoms with Crippen molar-refractivity contribution >= 4 is 5.78 Å². The maximum atomic E-state index is 12.6. The Morgan fingerprint density at radius 2 is 1.21 bits per heavy atom. The lowest BCUT2D eigenvalue weighted by Gasteiger charge is -2.29. The Morgan fingerprint density at radius 1 is 0.697 bits per heavy atom. The molecule has 1 saturated carbocycles. The molecule has 1 aromatic rings. The van der Waals surface area contributed by atoms with Crippen molar-refractivity contribution in [3.8, 4) is 0 Å². The van der Waals surface area contributed by atoms with Gasteiger partial charge in [-0.2, -0.15) is 0 Å². The van der Waals surface area contributed by atoms with Crippen LogP contribution < -0.4 is 5.32 Å². The van der Waals surface area contributed by atoms with Gasteiger partial charge in [0, 0.05) is 18.0 Å². The van der Waals surface area contributed by atoms with Crippen molar-refractivity contribution in [1.82, 2.24) is 5.32 Å². The Balaban J connectivity index is 1.49. The van der Waals surface area contributed by atoms with E-state index in [0.29, 0.717) is 24.2 Å². The van der Waals surface area contributed by atoms with Gasteiger partial charge < -0.3 is 5.32 Å². The molecule has 2 rings (SSSR count). The maximum absolute atomic E-state index is 12.6. The van der Waals surface area contributed by atoms with Crippen molar-refractivity contribution in [1.29, 1.82) is 0 Å². The van der Waals surface area contributed by atoms with Crippen LogP contribution in [0.3, 0.4) is 0 Å². The van der Waals surface area contributed by atoms with Crippen LogP contribution in [0.15, 0.2) is 24.3 Å². The average Bonchev–Trinajstić information content (AvgIpc) is 2.86. The Morgan fingerprint density at radius 3 is 1.73 bits per heavy atom. The van der Waals surface area contributed by atoms with Gasteiger partial charge in [0.25, 0.3) is 0 Å². The Bertz CT molecular complexity index is 600. The third-order valence-corrected chi connectivity index (χ3v) is 7.62. The number of carbonyl (C=O) groups is 1. The summed E-state index contributed by atoms with van der Waals surface area (Å²) in [7, 11) is 0. The summed E-state index contributed by atoms with van der Waals surface area (Å²) in [6, 6.07) is 9.33. The molecule has 0 aliphatic heterocycles. The van der Waals surface area contributed by atoms with Crippen molar-refractivity contribution in [2.24, 2.45) is 0 Å². The molecule has 2 heteroatoms.